The average Bonchev–Trinajstić information content (AvgIpc) is 3.73. The summed E-state index contributed by atoms with van der Waals surface area (Å²) in [6.07, 6.45) is 5.22. The van der Waals surface area contributed by atoms with Gasteiger partial charge in [0.15, 0.2) is 5.60 Å². The maximum Gasteiger partial charge on any atom is 0.410 e. The molecule has 2 aromatic carbocycles. The van der Waals surface area contributed by atoms with E-state index in [2.05, 4.69) is 22.8 Å². The van der Waals surface area contributed by atoms with Crippen LogP contribution in [0.4, 0.5) is 16.2 Å². The van der Waals surface area contributed by atoms with Gasteiger partial charge in [0.05, 0.1) is 23.1 Å². The SMILES string of the molecule is CC(C)(C)OC(=O)N1C[C@@H](C(=O)NC2(c3ccccc3)CCCC2)C[C@@H](C(=O)N(c2ccc3c(c2)NC(=O)C(C)(C)O3)C2CC2)C1. The van der Waals surface area contributed by atoms with Crippen molar-refractivity contribution in [3.63, 3.8) is 0 Å². The number of carbonyl (C=O) groups is 4. The Bertz CT molecular complexity index is 1510. The Balaban J connectivity index is 1.27. The molecule has 0 spiro atoms. The number of piperidine rings is 1. The molecule has 10 heteroatoms. The molecular weight excluding hydrogens is 584 g/mol. The molecule has 4 amide bonds. The van der Waals surface area contributed by atoms with Gasteiger partial charge in [0, 0.05) is 24.8 Å². The quantitative estimate of drug-likeness (QED) is 0.420. The summed E-state index contributed by atoms with van der Waals surface area (Å²) in [5.74, 6) is -1.21. The molecule has 46 heavy (non-hydrogen) atoms. The Hall–Kier alpha value is -4.08. The van der Waals surface area contributed by atoms with Crippen molar-refractivity contribution >= 4 is 35.2 Å². The van der Waals surface area contributed by atoms with E-state index in [0.29, 0.717) is 23.5 Å². The highest BCUT2D eigenvalue weighted by Crippen LogP contribution is 2.42. The van der Waals surface area contributed by atoms with Gasteiger partial charge in [0.2, 0.25) is 11.8 Å². The Morgan fingerprint density at radius 3 is 2.33 bits per heavy atom. The summed E-state index contributed by atoms with van der Waals surface area (Å²) in [6.45, 7) is 9.17. The van der Waals surface area contributed by atoms with Gasteiger partial charge >= 0.3 is 6.09 Å². The number of hydrogen-bond donors (Lipinski definition) is 2. The van der Waals surface area contributed by atoms with E-state index in [-0.39, 0.29) is 36.9 Å². The lowest BCUT2D eigenvalue weighted by atomic mass is 9.84. The van der Waals surface area contributed by atoms with Crippen LogP contribution in [0.15, 0.2) is 48.5 Å². The minimum Gasteiger partial charge on any atom is -0.476 e. The van der Waals surface area contributed by atoms with Crippen molar-refractivity contribution in [2.45, 2.75) is 102 Å². The normalized spacial score (nSPS) is 23.4. The van der Waals surface area contributed by atoms with Crippen molar-refractivity contribution in [1.82, 2.24) is 10.2 Å². The van der Waals surface area contributed by atoms with Crippen molar-refractivity contribution in [2.75, 3.05) is 23.3 Å². The van der Waals surface area contributed by atoms with Gasteiger partial charge in [-0.2, -0.15) is 0 Å². The molecular formula is C36H46N4O6. The minimum absolute atomic E-state index is 0.00576. The summed E-state index contributed by atoms with van der Waals surface area (Å²) in [5, 5.41) is 6.31. The topological polar surface area (TPSA) is 117 Å². The Morgan fingerprint density at radius 2 is 1.67 bits per heavy atom. The van der Waals surface area contributed by atoms with Gasteiger partial charge in [0.25, 0.3) is 5.91 Å². The van der Waals surface area contributed by atoms with Crippen LogP contribution in [0.2, 0.25) is 0 Å². The van der Waals surface area contributed by atoms with Gasteiger partial charge in [-0.3, -0.25) is 14.4 Å². The Kier molecular flexibility index (Phi) is 8.27. The van der Waals surface area contributed by atoms with Crippen molar-refractivity contribution in [1.29, 1.82) is 0 Å². The van der Waals surface area contributed by atoms with Crippen LogP contribution >= 0.6 is 0 Å². The lowest BCUT2D eigenvalue weighted by Gasteiger charge is -2.40. The fourth-order valence-electron chi connectivity index (χ4n) is 7.00. The molecule has 1 saturated heterocycles. The highest BCUT2D eigenvalue weighted by atomic mass is 16.6. The van der Waals surface area contributed by atoms with E-state index in [4.69, 9.17) is 9.47 Å². The van der Waals surface area contributed by atoms with Gasteiger partial charge in [0.1, 0.15) is 11.4 Å². The van der Waals surface area contributed by atoms with Crippen LogP contribution in [0.5, 0.6) is 5.75 Å². The van der Waals surface area contributed by atoms with Crippen molar-refractivity contribution in [3.8, 4) is 5.75 Å². The number of benzene rings is 2. The molecule has 2 aromatic rings. The molecule has 10 nitrogen and oxygen atoms in total. The monoisotopic (exact) mass is 630 g/mol. The van der Waals surface area contributed by atoms with E-state index in [1.165, 1.54) is 4.90 Å². The van der Waals surface area contributed by atoms with Crippen LogP contribution in [0, 0.1) is 11.8 Å². The Labute approximate surface area is 271 Å². The van der Waals surface area contributed by atoms with Crippen LogP contribution in [0.25, 0.3) is 0 Å². The number of ether oxygens (including phenoxy) is 2. The van der Waals surface area contributed by atoms with E-state index >= 15 is 0 Å². The van der Waals surface area contributed by atoms with Crippen molar-refractivity contribution < 1.29 is 28.7 Å². The van der Waals surface area contributed by atoms with Crippen LogP contribution in [0.3, 0.4) is 0 Å². The first kappa shape index (κ1) is 31.9. The zero-order valence-electron chi connectivity index (χ0n) is 27.6. The largest absolute Gasteiger partial charge is 0.476 e. The summed E-state index contributed by atoms with van der Waals surface area (Å²) < 4.78 is 11.6. The first-order valence-electron chi connectivity index (χ1n) is 16.6. The van der Waals surface area contributed by atoms with Crippen LogP contribution in [-0.2, 0) is 24.7 Å². The summed E-state index contributed by atoms with van der Waals surface area (Å²) in [4.78, 5) is 57.9. The second-order valence-corrected chi connectivity index (χ2v) is 14.8. The van der Waals surface area contributed by atoms with Gasteiger partial charge in [-0.15, -0.1) is 0 Å². The lowest BCUT2D eigenvalue weighted by Crippen LogP contribution is -2.55. The number of anilines is 2. The van der Waals surface area contributed by atoms with Gasteiger partial charge in [-0.25, -0.2) is 4.79 Å². The minimum atomic E-state index is -0.999. The maximum absolute atomic E-state index is 14.5. The van der Waals surface area contributed by atoms with Gasteiger partial charge in [-0.1, -0.05) is 43.2 Å². The third kappa shape index (κ3) is 6.57. The van der Waals surface area contributed by atoms with E-state index in [0.717, 1.165) is 44.1 Å². The molecule has 2 saturated carbocycles. The summed E-state index contributed by atoms with van der Waals surface area (Å²) in [5.41, 5.74) is 0.0627. The number of nitrogens with zero attached hydrogens (tertiary/aromatic N) is 2. The number of hydrogen-bond acceptors (Lipinski definition) is 6. The van der Waals surface area contributed by atoms with E-state index < -0.39 is 34.7 Å². The average molecular weight is 631 g/mol. The third-order valence-corrected chi connectivity index (χ3v) is 9.52. The van der Waals surface area contributed by atoms with E-state index in [1.807, 2.05) is 24.3 Å². The number of carbonyl (C=O) groups excluding carboxylic acids is 4. The molecule has 3 fully saturated rings. The van der Waals surface area contributed by atoms with E-state index in [9.17, 15) is 19.2 Å². The molecule has 0 unspecified atom stereocenters. The van der Waals surface area contributed by atoms with E-state index in [1.54, 1.807) is 51.7 Å². The summed E-state index contributed by atoms with van der Waals surface area (Å²) >= 11 is 0. The molecule has 2 heterocycles. The number of nitrogens with one attached hydrogen (secondary N) is 2. The zero-order valence-corrected chi connectivity index (χ0v) is 27.6. The summed E-state index contributed by atoms with van der Waals surface area (Å²) in [6, 6.07) is 15.5. The van der Waals surface area contributed by atoms with Gasteiger partial charge in [-0.05, 0) is 90.5 Å². The molecule has 2 aliphatic heterocycles. The van der Waals surface area contributed by atoms with Crippen molar-refractivity contribution in [2.24, 2.45) is 11.8 Å². The van der Waals surface area contributed by atoms with Crippen LogP contribution < -0.4 is 20.3 Å². The third-order valence-electron chi connectivity index (χ3n) is 9.52. The predicted molar refractivity (Wildman–Crippen MR) is 174 cm³/mol. The molecule has 2 aliphatic carbocycles. The Morgan fingerprint density at radius 1 is 1.00 bits per heavy atom. The lowest BCUT2D eigenvalue weighted by molar-refractivity contribution is -0.132. The maximum atomic E-state index is 14.5. The fourth-order valence-corrected chi connectivity index (χ4v) is 7.00. The first-order chi connectivity index (χ1) is 21.7. The smallest absolute Gasteiger partial charge is 0.410 e. The predicted octanol–water partition coefficient (Wildman–Crippen LogP) is 5.75. The summed E-state index contributed by atoms with van der Waals surface area (Å²) in [7, 11) is 0. The second kappa shape index (κ2) is 11.9. The number of amides is 4. The molecule has 4 aliphatic rings. The molecule has 6 rings (SSSR count). The number of fused-ring (bicyclic) bond motifs is 1. The van der Waals surface area contributed by atoms with Crippen molar-refractivity contribution in [3.05, 3.63) is 54.1 Å². The fraction of sp³-hybridized carbons (Fsp3) is 0.556. The molecule has 0 radical (unpaired) electrons. The number of likely N-dealkylation sites (tertiary alicyclic amines) is 1. The number of rotatable bonds is 6. The van der Waals surface area contributed by atoms with Crippen LogP contribution in [-0.4, -0.2) is 59.0 Å². The van der Waals surface area contributed by atoms with Gasteiger partial charge < -0.3 is 29.9 Å². The highest BCUT2D eigenvalue weighted by Gasteiger charge is 2.46. The van der Waals surface area contributed by atoms with Crippen LogP contribution in [0.1, 0.15) is 85.1 Å². The molecule has 246 valence electrons. The second-order valence-electron chi connectivity index (χ2n) is 14.8. The molecule has 2 N–H and O–H groups in total. The molecule has 0 aromatic heterocycles. The standard InChI is InChI=1S/C36H46N4O6/c1-34(2,3)46-33(44)39-21-23(30(41)38-36(17-9-10-18-36)25-11-7-6-8-12-25)19-24(22-39)31(42)40(26-13-14-26)27-15-16-29-28(20-27)37-32(43)35(4,5)45-29/h6-8,11-12,15-16,20,23-24,26H,9-10,13-14,17-19,21-22H2,1-5H3,(H,37,43)(H,38,41)/t23-,24+/m0/s1. The highest BCUT2D eigenvalue weighted by molar-refractivity contribution is 6.02. The first-order valence-corrected chi connectivity index (χ1v) is 16.6. The molecule has 0 bridgehead atoms. The molecule has 2 atom stereocenters. The zero-order chi connectivity index (χ0) is 32.9.